The smallest absolute Gasteiger partial charge is 0.172 e. The third-order valence-electron chi connectivity index (χ3n) is 8.83. The maximum Gasteiger partial charge on any atom is -0.172 e. The van der Waals surface area contributed by atoms with E-state index < -0.39 is 61.3 Å². The second-order valence-electron chi connectivity index (χ2n) is 15.3. The van der Waals surface area contributed by atoms with Gasteiger partial charge in [0.2, 0.25) is 0 Å². The van der Waals surface area contributed by atoms with Crippen molar-refractivity contribution in [3.63, 3.8) is 0 Å². The van der Waals surface area contributed by atoms with Crippen molar-refractivity contribution in [1.82, 2.24) is 0 Å². The van der Waals surface area contributed by atoms with E-state index in [2.05, 4.69) is 77.9 Å². The van der Waals surface area contributed by atoms with Gasteiger partial charge in [0.25, 0.3) is 0 Å². The Morgan fingerprint density at radius 3 is 1.22 bits per heavy atom. The number of hydrogen-bond donors (Lipinski definition) is 0. The van der Waals surface area contributed by atoms with Crippen molar-refractivity contribution < 1.29 is 102 Å². The van der Waals surface area contributed by atoms with Gasteiger partial charge in [-0.3, -0.25) is 0 Å². The molecular formula is C43H36Cl2F12Zr-2. The zero-order chi connectivity index (χ0) is 42.2. The maximum atomic E-state index is 13.0. The van der Waals surface area contributed by atoms with E-state index in [0.717, 1.165) is 6.42 Å². The normalized spacial score (nSPS) is 12.8. The third-order valence-corrected chi connectivity index (χ3v) is 10.3. The van der Waals surface area contributed by atoms with Crippen LogP contribution in [0.15, 0.2) is 97.1 Å². The maximum absolute atomic E-state index is 13.0. The summed E-state index contributed by atoms with van der Waals surface area (Å²) in [5.41, 5.74) is 0.221. The van der Waals surface area contributed by atoms with E-state index in [1.165, 1.54) is 33.4 Å². The Kier molecular flexibility index (Phi) is 16.3. The number of halogens is 14. The summed E-state index contributed by atoms with van der Waals surface area (Å²) in [5, 5.41) is 0. The second kappa shape index (κ2) is 18.6. The largest absolute Gasteiger partial charge is 1.00 e. The van der Waals surface area contributed by atoms with Gasteiger partial charge in [-0.25, -0.2) is 12.1 Å². The first-order valence-electron chi connectivity index (χ1n) is 17.0. The number of fused-ring (bicyclic) bond motifs is 3. The number of hydrogen-bond acceptors (Lipinski definition) is 0. The number of rotatable bonds is 2. The molecule has 0 aliphatic heterocycles. The van der Waals surface area contributed by atoms with E-state index in [9.17, 15) is 52.7 Å². The quantitative estimate of drug-likeness (QED) is 0.122. The Balaban J connectivity index is 0.000000359. The molecule has 0 nitrogen and oxygen atoms in total. The van der Waals surface area contributed by atoms with Gasteiger partial charge < -0.3 is 24.8 Å². The predicted octanol–water partition coefficient (Wildman–Crippen LogP) is 7.94. The molecule has 5 aromatic carbocycles. The molecule has 0 radical (unpaired) electrons. The van der Waals surface area contributed by atoms with Gasteiger partial charge in [0, 0.05) is 0 Å². The van der Waals surface area contributed by atoms with Gasteiger partial charge in [0.05, 0.1) is 0 Å². The molecule has 0 saturated carbocycles. The monoisotopic (exact) mass is 940 g/mol. The average Bonchev–Trinajstić information content (AvgIpc) is 3.77. The van der Waals surface area contributed by atoms with Crippen molar-refractivity contribution in [2.75, 3.05) is 0 Å². The number of alkyl halides is 12. The van der Waals surface area contributed by atoms with Crippen molar-refractivity contribution in [2.45, 2.75) is 83.5 Å². The van der Waals surface area contributed by atoms with Crippen molar-refractivity contribution in [3.05, 3.63) is 159 Å². The Labute approximate surface area is 356 Å². The molecule has 312 valence electrons. The van der Waals surface area contributed by atoms with Gasteiger partial charge in [-0.2, -0.15) is 47.5 Å². The summed E-state index contributed by atoms with van der Waals surface area (Å²) in [7, 11) is 0. The van der Waals surface area contributed by atoms with Crippen LogP contribution in [0.2, 0.25) is 0 Å². The summed E-state index contributed by atoms with van der Waals surface area (Å²) in [6, 6.07) is 25.7. The molecule has 0 fully saturated rings. The van der Waals surface area contributed by atoms with Crippen LogP contribution in [0.5, 0.6) is 0 Å². The Hall–Kier alpha value is -3.28. The first-order chi connectivity index (χ1) is 25.5. The number of benzene rings is 4. The molecule has 0 heterocycles. The fraction of sp³-hybridized carbons (Fsp3) is 0.302. The van der Waals surface area contributed by atoms with E-state index in [1.54, 1.807) is 0 Å². The molecule has 0 unspecified atom stereocenters. The molecule has 0 spiro atoms. The molecule has 0 N–H and O–H groups in total. The standard InChI is InChI=1S/C21H25.C17H6F12.C5H5.2ClH.Zr/c1-20(2,3)16-9-7-14-11-15-8-10-17(21(4,5)6)13-19(15)18(14)12-16;18-14(19,20)10-2-8(3-11(6-10)15(21,22)23)1-9-4-12(16(24,25)26)7-13(5-9)17(27,28)29;1-2-4-5-3-1;;;/h7,9-10,12-13H,11H2,1-6H3;2-7H;1-5H;2*1H;/q-1;;-1;;;+2/p-2. The van der Waals surface area contributed by atoms with E-state index in [0.29, 0.717) is 0 Å². The predicted molar refractivity (Wildman–Crippen MR) is 189 cm³/mol. The van der Waals surface area contributed by atoms with Crippen LogP contribution in [0.1, 0.15) is 97.2 Å². The minimum atomic E-state index is -5.22. The summed E-state index contributed by atoms with van der Waals surface area (Å²) in [6.45, 7) is 13.6. The van der Waals surface area contributed by atoms with Crippen LogP contribution in [0.4, 0.5) is 52.7 Å². The van der Waals surface area contributed by atoms with Gasteiger partial charge in [-0.15, -0.1) is 5.56 Å². The molecular weight excluding hydrogens is 907 g/mol. The molecule has 1 aliphatic rings. The Morgan fingerprint density at radius 2 is 0.897 bits per heavy atom. The van der Waals surface area contributed by atoms with Crippen molar-refractivity contribution in [2.24, 2.45) is 0 Å². The first kappa shape index (κ1) is 50.9. The van der Waals surface area contributed by atoms with Crippen LogP contribution in [0.25, 0.3) is 11.1 Å². The molecule has 5 aromatic rings. The molecule has 0 saturated heterocycles. The van der Waals surface area contributed by atoms with Crippen molar-refractivity contribution in [1.29, 1.82) is 0 Å². The molecule has 0 amide bonds. The van der Waals surface area contributed by atoms with Crippen LogP contribution in [0, 0.1) is 6.07 Å². The summed E-state index contributed by atoms with van der Waals surface area (Å²) in [4.78, 5) is 0. The first-order valence-corrected chi connectivity index (χ1v) is 18.2. The zero-order valence-corrected chi connectivity index (χ0v) is 35.7. The average molecular weight is 943 g/mol. The third kappa shape index (κ3) is 13.1. The summed E-state index contributed by atoms with van der Waals surface area (Å²) >= 11 is -0.00108. The fourth-order valence-corrected chi connectivity index (χ4v) is 6.38. The van der Waals surface area contributed by atoms with Gasteiger partial charge in [0.1, 0.15) is 0 Å². The molecule has 15 heteroatoms. The fourth-order valence-electron chi connectivity index (χ4n) is 5.67. The van der Waals surface area contributed by atoms with Crippen molar-refractivity contribution in [3.8, 4) is 11.1 Å². The van der Waals surface area contributed by atoms with Crippen molar-refractivity contribution >= 4 is 3.21 Å². The van der Waals surface area contributed by atoms with E-state index in [4.69, 9.17) is 0 Å². The zero-order valence-electron chi connectivity index (χ0n) is 31.7. The minimum Gasteiger partial charge on any atom is -1.00 e. The van der Waals surface area contributed by atoms with Crippen LogP contribution in [-0.4, -0.2) is 3.21 Å². The summed E-state index contributed by atoms with van der Waals surface area (Å²) in [5.74, 6) is 0. The van der Waals surface area contributed by atoms with Gasteiger partial charge in [-0.1, -0.05) is 76.3 Å². The molecule has 0 bridgehead atoms. The molecule has 0 atom stereocenters. The summed E-state index contributed by atoms with van der Waals surface area (Å²) in [6.07, 6.45) is -19.9. The van der Waals surface area contributed by atoms with E-state index in [-0.39, 0.29) is 96.3 Å². The topological polar surface area (TPSA) is 0 Å². The minimum absolute atomic E-state index is 0. The van der Waals surface area contributed by atoms with Crippen LogP contribution in [-0.2, 0) is 66.2 Å². The Morgan fingerprint density at radius 1 is 0.517 bits per heavy atom. The Bertz CT molecular complexity index is 1940. The van der Waals surface area contributed by atoms with E-state index in [1.807, 2.05) is 30.3 Å². The summed E-state index contributed by atoms with van der Waals surface area (Å²) < 4.78 is 155. The molecule has 0 aromatic heterocycles. The molecule has 58 heavy (non-hydrogen) atoms. The van der Waals surface area contributed by atoms with Gasteiger partial charge in [-0.05, 0) is 17.4 Å². The van der Waals surface area contributed by atoms with Gasteiger partial charge >= 0.3 is 175 Å². The van der Waals surface area contributed by atoms with Crippen LogP contribution >= 0.6 is 0 Å². The second-order valence-corrected chi connectivity index (χ2v) is 16.5. The van der Waals surface area contributed by atoms with Crippen LogP contribution < -0.4 is 24.8 Å². The molecule has 6 rings (SSSR count). The molecule has 1 aliphatic carbocycles. The van der Waals surface area contributed by atoms with E-state index >= 15 is 0 Å². The van der Waals surface area contributed by atoms with Crippen LogP contribution in [0.3, 0.4) is 0 Å². The van der Waals surface area contributed by atoms with Gasteiger partial charge in [0.15, 0.2) is 0 Å². The SMILES string of the molecule is CC(C)(C)c1c[c-]c2c(c1)-c1cc(C(C)(C)C)ccc1C2.FC(F)(F)c1cc([C](=[Zr+2])c2cc(C(F)(F)F)cc(C(F)(F)F)c2)cc(C(F)(F)F)c1.[Cl-].[Cl-].c1cc[cH-]c1.